The van der Waals surface area contributed by atoms with E-state index in [-0.39, 0.29) is 0 Å². The number of aromatic nitrogens is 1. The summed E-state index contributed by atoms with van der Waals surface area (Å²) in [5.41, 5.74) is 0. The Balaban J connectivity index is 1.70. The molecule has 4 heteroatoms. The first-order valence-corrected chi connectivity index (χ1v) is 7.21. The van der Waals surface area contributed by atoms with E-state index in [2.05, 4.69) is 22.2 Å². The highest BCUT2D eigenvalue weighted by Gasteiger charge is 2.36. The second-order valence-electron chi connectivity index (χ2n) is 5.55. The fraction of sp³-hybridized carbons (Fsp3) is 0.643. The summed E-state index contributed by atoms with van der Waals surface area (Å²) >= 11 is 6.16. The van der Waals surface area contributed by atoms with Crippen molar-refractivity contribution in [2.24, 2.45) is 0 Å². The van der Waals surface area contributed by atoms with Crippen LogP contribution in [0.4, 0.5) is 5.82 Å². The van der Waals surface area contributed by atoms with E-state index in [1.54, 1.807) is 6.20 Å². The molecular weight excluding hydrogens is 246 g/mol. The molecule has 2 aliphatic rings. The Kier molecular flexibility index (Phi) is 3.44. The number of hydrogen-bond donors (Lipinski definition) is 1. The number of fused-ring (bicyclic) bond motifs is 2. The minimum Gasteiger partial charge on any atom is -0.366 e. The van der Waals surface area contributed by atoms with Gasteiger partial charge in [0.15, 0.2) is 0 Å². The highest BCUT2D eigenvalue weighted by atomic mass is 35.5. The Morgan fingerprint density at radius 3 is 2.72 bits per heavy atom. The largest absolute Gasteiger partial charge is 0.366 e. The van der Waals surface area contributed by atoms with Crippen molar-refractivity contribution < 1.29 is 0 Å². The molecule has 2 atom stereocenters. The van der Waals surface area contributed by atoms with Crippen molar-refractivity contribution in [3.05, 3.63) is 23.4 Å². The van der Waals surface area contributed by atoms with Gasteiger partial charge in [0.25, 0.3) is 0 Å². The zero-order chi connectivity index (χ0) is 12.5. The van der Waals surface area contributed by atoms with E-state index in [9.17, 15) is 0 Å². The number of piperidine rings is 2. The van der Waals surface area contributed by atoms with E-state index in [1.165, 1.54) is 32.1 Å². The van der Waals surface area contributed by atoms with Crippen LogP contribution in [0.3, 0.4) is 0 Å². The molecule has 3 heterocycles. The Bertz CT molecular complexity index is 409. The highest BCUT2D eigenvalue weighted by molar-refractivity contribution is 6.32. The third-order valence-corrected chi connectivity index (χ3v) is 4.74. The zero-order valence-electron chi connectivity index (χ0n) is 10.8. The standard InChI is InChI=1S/C14H20ClN3/c1-18-11-4-2-5-12(18)9-10(8-11)17-14-13(15)6-3-7-16-14/h3,6-7,10-12H,2,4-5,8-9H2,1H3,(H,16,17). The number of nitrogens with zero attached hydrogens (tertiary/aromatic N) is 2. The lowest BCUT2D eigenvalue weighted by Crippen LogP contribution is -2.52. The smallest absolute Gasteiger partial charge is 0.144 e. The van der Waals surface area contributed by atoms with Crippen LogP contribution in [0, 0.1) is 0 Å². The molecule has 1 aromatic rings. The van der Waals surface area contributed by atoms with E-state index < -0.39 is 0 Å². The molecule has 18 heavy (non-hydrogen) atoms. The van der Waals surface area contributed by atoms with E-state index in [1.807, 2.05) is 12.1 Å². The average Bonchev–Trinajstić information content (AvgIpc) is 2.33. The van der Waals surface area contributed by atoms with Gasteiger partial charge in [0.2, 0.25) is 0 Å². The molecule has 2 aliphatic heterocycles. The number of halogens is 1. The van der Waals surface area contributed by atoms with Crippen LogP contribution in [0.25, 0.3) is 0 Å². The Morgan fingerprint density at radius 1 is 1.33 bits per heavy atom. The first kappa shape index (κ1) is 12.2. The second-order valence-corrected chi connectivity index (χ2v) is 5.96. The maximum absolute atomic E-state index is 6.16. The predicted octanol–water partition coefficient (Wildman–Crippen LogP) is 3.16. The van der Waals surface area contributed by atoms with Crippen LogP contribution in [0.2, 0.25) is 5.02 Å². The van der Waals surface area contributed by atoms with Gasteiger partial charge in [-0.25, -0.2) is 4.98 Å². The van der Waals surface area contributed by atoms with Gasteiger partial charge in [0, 0.05) is 24.3 Å². The monoisotopic (exact) mass is 265 g/mol. The lowest BCUT2D eigenvalue weighted by Gasteiger charge is -2.47. The molecule has 0 aromatic carbocycles. The van der Waals surface area contributed by atoms with E-state index in [0.717, 1.165) is 22.9 Å². The van der Waals surface area contributed by atoms with Crippen molar-refractivity contribution in [3.8, 4) is 0 Å². The zero-order valence-corrected chi connectivity index (χ0v) is 11.5. The molecule has 3 rings (SSSR count). The molecule has 0 radical (unpaired) electrons. The van der Waals surface area contributed by atoms with Crippen molar-refractivity contribution in [1.82, 2.24) is 9.88 Å². The molecule has 2 fully saturated rings. The molecule has 1 aromatic heterocycles. The second kappa shape index (κ2) is 5.06. The van der Waals surface area contributed by atoms with Crippen LogP contribution in [-0.2, 0) is 0 Å². The number of anilines is 1. The molecule has 2 saturated heterocycles. The Labute approximate surface area is 114 Å². The Hall–Kier alpha value is -0.800. The van der Waals surface area contributed by atoms with Crippen LogP contribution in [-0.4, -0.2) is 35.1 Å². The molecule has 98 valence electrons. The van der Waals surface area contributed by atoms with Crippen molar-refractivity contribution in [2.75, 3.05) is 12.4 Å². The summed E-state index contributed by atoms with van der Waals surface area (Å²) in [6.07, 6.45) is 8.27. The summed E-state index contributed by atoms with van der Waals surface area (Å²) in [4.78, 5) is 6.90. The third kappa shape index (κ3) is 2.34. The molecule has 0 saturated carbocycles. The molecule has 0 aliphatic carbocycles. The van der Waals surface area contributed by atoms with Crippen LogP contribution in [0.15, 0.2) is 18.3 Å². The quantitative estimate of drug-likeness (QED) is 0.890. The SMILES string of the molecule is CN1C2CCCC1CC(Nc1ncccc1Cl)C2. The highest BCUT2D eigenvalue weighted by Crippen LogP contribution is 2.34. The lowest BCUT2D eigenvalue weighted by molar-refractivity contribution is 0.0608. The summed E-state index contributed by atoms with van der Waals surface area (Å²) in [6.45, 7) is 0. The lowest BCUT2D eigenvalue weighted by atomic mass is 9.82. The van der Waals surface area contributed by atoms with E-state index in [4.69, 9.17) is 11.6 Å². The average molecular weight is 266 g/mol. The molecule has 0 amide bonds. The number of nitrogens with one attached hydrogen (secondary N) is 1. The molecule has 3 nitrogen and oxygen atoms in total. The van der Waals surface area contributed by atoms with Gasteiger partial charge in [-0.2, -0.15) is 0 Å². The minimum atomic E-state index is 0.517. The summed E-state index contributed by atoms with van der Waals surface area (Å²) < 4.78 is 0. The maximum Gasteiger partial charge on any atom is 0.144 e. The normalized spacial score (nSPS) is 32.2. The summed E-state index contributed by atoms with van der Waals surface area (Å²) in [7, 11) is 2.28. The molecule has 0 spiro atoms. The first-order chi connectivity index (χ1) is 8.74. The fourth-order valence-electron chi connectivity index (χ4n) is 3.42. The molecular formula is C14H20ClN3. The minimum absolute atomic E-state index is 0.517. The number of pyridine rings is 1. The van der Waals surface area contributed by atoms with E-state index in [0.29, 0.717) is 6.04 Å². The maximum atomic E-state index is 6.16. The third-order valence-electron chi connectivity index (χ3n) is 4.44. The van der Waals surface area contributed by atoms with Crippen LogP contribution in [0.5, 0.6) is 0 Å². The first-order valence-electron chi connectivity index (χ1n) is 6.83. The molecule has 1 N–H and O–H groups in total. The van der Waals surface area contributed by atoms with Crippen molar-refractivity contribution in [2.45, 2.75) is 50.2 Å². The Morgan fingerprint density at radius 2 is 2.06 bits per heavy atom. The summed E-state index contributed by atoms with van der Waals surface area (Å²) in [6, 6.07) is 5.75. The van der Waals surface area contributed by atoms with Crippen LogP contribution >= 0.6 is 11.6 Å². The van der Waals surface area contributed by atoms with Crippen molar-refractivity contribution >= 4 is 17.4 Å². The van der Waals surface area contributed by atoms with Crippen molar-refractivity contribution in [3.63, 3.8) is 0 Å². The van der Waals surface area contributed by atoms with Gasteiger partial charge in [-0.15, -0.1) is 0 Å². The van der Waals surface area contributed by atoms with Gasteiger partial charge in [-0.1, -0.05) is 18.0 Å². The van der Waals surface area contributed by atoms with E-state index >= 15 is 0 Å². The number of rotatable bonds is 2. The summed E-state index contributed by atoms with van der Waals surface area (Å²) in [5.74, 6) is 0.840. The van der Waals surface area contributed by atoms with Gasteiger partial charge < -0.3 is 10.2 Å². The van der Waals surface area contributed by atoms with Crippen LogP contribution < -0.4 is 5.32 Å². The number of hydrogen-bond acceptors (Lipinski definition) is 3. The van der Waals surface area contributed by atoms with Gasteiger partial charge in [-0.3, -0.25) is 0 Å². The van der Waals surface area contributed by atoms with Crippen LogP contribution in [0.1, 0.15) is 32.1 Å². The topological polar surface area (TPSA) is 28.2 Å². The predicted molar refractivity (Wildman–Crippen MR) is 75.1 cm³/mol. The van der Waals surface area contributed by atoms with Crippen molar-refractivity contribution in [1.29, 1.82) is 0 Å². The molecule has 2 bridgehead atoms. The summed E-state index contributed by atoms with van der Waals surface area (Å²) in [5, 5.41) is 4.25. The van der Waals surface area contributed by atoms with Gasteiger partial charge in [-0.05, 0) is 44.9 Å². The van der Waals surface area contributed by atoms with Gasteiger partial charge in [0.05, 0.1) is 5.02 Å². The fourth-order valence-corrected chi connectivity index (χ4v) is 3.60. The molecule has 2 unspecified atom stereocenters. The van der Waals surface area contributed by atoms with Gasteiger partial charge in [0.1, 0.15) is 5.82 Å². The van der Waals surface area contributed by atoms with Gasteiger partial charge >= 0.3 is 0 Å².